The number of aryl methyl sites for hydroxylation is 1. The number of phenolic OH excluding ortho intramolecular Hbond substituents is 1. The normalized spacial score (nSPS) is 18.5. The van der Waals surface area contributed by atoms with Gasteiger partial charge in [0.05, 0.1) is 30.1 Å². The number of halogens is 1. The van der Waals surface area contributed by atoms with E-state index in [-0.39, 0.29) is 17.8 Å². The lowest BCUT2D eigenvalue weighted by molar-refractivity contribution is 0.164. The predicted molar refractivity (Wildman–Crippen MR) is 126 cm³/mol. The Labute approximate surface area is 192 Å². The van der Waals surface area contributed by atoms with Crippen molar-refractivity contribution < 1.29 is 9.84 Å². The molecule has 6 nitrogen and oxygen atoms in total. The molecule has 2 aromatic heterocycles. The van der Waals surface area contributed by atoms with Gasteiger partial charge in [-0.1, -0.05) is 17.7 Å². The number of nitrogens with one attached hydrogen (secondary N) is 1. The standard InChI is InChI=1S/C23H25ClN4O2S/c1-14-12-17(15(2)28(14)19-13-16(24)7-8-20(19)29)22-21(18-6-4-5-9-25-18)26-23(31)27(22)10-11-30-3/h4-9,12-13,21-22,29H,10-11H2,1-3H3,(H,26,31)/t21-,22-/m1/s1. The van der Waals surface area contributed by atoms with Crippen LogP contribution >= 0.6 is 23.8 Å². The Hall–Kier alpha value is -2.61. The van der Waals surface area contributed by atoms with Crippen LogP contribution in [0.25, 0.3) is 5.69 Å². The van der Waals surface area contributed by atoms with E-state index in [1.54, 1.807) is 31.5 Å². The molecule has 3 aromatic rings. The molecule has 1 saturated heterocycles. The van der Waals surface area contributed by atoms with Gasteiger partial charge in [-0.3, -0.25) is 4.98 Å². The van der Waals surface area contributed by atoms with E-state index in [0.717, 1.165) is 22.6 Å². The number of phenols is 1. The van der Waals surface area contributed by atoms with E-state index in [1.807, 2.05) is 36.6 Å². The van der Waals surface area contributed by atoms with Crippen LogP contribution in [0.2, 0.25) is 5.02 Å². The molecule has 3 heterocycles. The highest BCUT2D eigenvalue weighted by Crippen LogP contribution is 2.42. The number of methoxy groups -OCH3 is 1. The Morgan fingerprint density at radius 3 is 2.74 bits per heavy atom. The third-order valence-electron chi connectivity index (χ3n) is 5.70. The maximum absolute atomic E-state index is 10.5. The summed E-state index contributed by atoms with van der Waals surface area (Å²) in [6.45, 7) is 5.28. The molecule has 162 valence electrons. The van der Waals surface area contributed by atoms with Crippen molar-refractivity contribution in [3.8, 4) is 11.4 Å². The van der Waals surface area contributed by atoms with Gasteiger partial charge in [-0.2, -0.15) is 0 Å². The topological polar surface area (TPSA) is 62.5 Å². The van der Waals surface area contributed by atoms with Gasteiger partial charge in [0.25, 0.3) is 0 Å². The number of aromatic hydroxyl groups is 1. The Balaban J connectivity index is 1.84. The fraction of sp³-hybridized carbons (Fsp3) is 0.304. The van der Waals surface area contributed by atoms with Gasteiger partial charge in [0, 0.05) is 36.3 Å². The van der Waals surface area contributed by atoms with Crippen LogP contribution in [0.5, 0.6) is 5.75 Å². The minimum absolute atomic E-state index is 0.0705. The van der Waals surface area contributed by atoms with E-state index < -0.39 is 0 Å². The number of nitrogens with zero attached hydrogens (tertiary/aromatic N) is 3. The Morgan fingerprint density at radius 2 is 2.03 bits per heavy atom. The first kappa shape index (κ1) is 21.6. The second kappa shape index (κ2) is 8.86. The Bertz CT molecular complexity index is 1100. The quantitative estimate of drug-likeness (QED) is 0.534. The first-order valence-electron chi connectivity index (χ1n) is 10.1. The number of rotatable bonds is 6. The molecule has 0 radical (unpaired) electrons. The van der Waals surface area contributed by atoms with E-state index in [1.165, 1.54) is 0 Å². The molecule has 1 aliphatic rings. The van der Waals surface area contributed by atoms with Gasteiger partial charge in [0.2, 0.25) is 0 Å². The fourth-order valence-corrected chi connectivity index (χ4v) is 4.81. The van der Waals surface area contributed by atoms with Crippen LogP contribution in [0.1, 0.15) is 34.7 Å². The molecule has 1 aromatic carbocycles. The fourth-order valence-electron chi connectivity index (χ4n) is 4.31. The lowest BCUT2D eigenvalue weighted by Crippen LogP contribution is -2.32. The van der Waals surface area contributed by atoms with Gasteiger partial charge in [-0.05, 0) is 68.0 Å². The summed E-state index contributed by atoms with van der Waals surface area (Å²) in [5, 5.41) is 15.2. The second-order valence-corrected chi connectivity index (χ2v) is 8.43. The summed E-state index contributed by atoms with van der Waals surface area (Å²) in [5.74, 6) is 0.176. The van der Waals surface area contributed by atoms with E-state index >= 15 is 0 Å². The third kappa shape index (κ3) is 4.01. The van der Waals surface area contributed by atoms with Crippen molar-refractivity contribution in [1.29, 1.82) is 0 Å². The van der Waals surface area contributed by atoms with Crippen molar-refractivity contribution in [3.05, 3.63) is 76.3 Å². The molecule has 0 bridgehead atoms. The molecule has 8 heteroatoms. The zero-order chi connectivity index (χ0) is 22.1. The summed E-state index contributed by atoms with van der Waals surface area (Å²) in [6, 6.07) is 12.9. The maximum Gasteiger partial charge on any atom is 0.170 e. The van der Waals surface area contributed by atoms with Gasteiger partial charge in [-0.25, -0.2) is 0 Å². The number of hydrogen-bond donors (Lipinski definition) is 2. The molecule has 1 fully saturated rings. The number of ether oxygens (including phenoxy) is 1. The van der Waals surface area contributed by atoms with Crippen molar-refractivity contribution in [2.75, 3.05) is 20.3 Å². The van der Waals surface area contributed by atoms with Crippen molar-refractivity contribution in [1.82, 2.24) is 19.8 Å². The van der Waals surface area contributed by atoms with Crippen molar-refractivity contribution in [2.24, 2.45) is 0 Å². The third-order valence-corrected chi connectivity index (χ3v) is 6.29. The summed E-state index contributed by atoms with van der Waals surface area (Å²) in [4.78, 5) is 6.74. The van der Waals surface area contributed by atoms with E-state index in [4.69, 9.17) is 28.6 Å². The van der Waals surface area contributed by atoms with Crippen LogP contribution in [0.15, 0.2) is 48.7 Å². The van der Waals surface area contributed by atoms with E-state index in [2.05, 4.69) is 21.3 Å². The average Bonchev–Trinajstić information content (AvgIpc) is 3.24. The Kier molecular flexibility index (Phi) is 6.18. The Morgan fingerprint density at radius 1 is 1.23 bits per heavy atom. The minimum Gasteiger partial charge on any atom is -0.506 e. The van der Waals surface area contributed by atoms with E-state index in [0.29, 0.717) is 29.0 Å². The second-order valence-electron chi connectivity index (χ2n) is 7.61. The molecule has 1 aliphatic heterocycles. The molecular weight excluding hydrogens is 432 g/mol. The summed E-state index contributed by atoms with van der Waals surface area (Å²) in [5.41, 5.74) is 4.69. The first-order chi connectivity index (χ1) is 14.9. The van der Waals surface area contributed by atoms with Gasteiger partial charge in [0.1, 0.15) is 5.75 Å². The SMILES string of the molecule is COCCN1C(=S)N[C@H](c2ccccn2)[C@H]1c1cc(C)n(-c2cc(Cl)ccc2O)c1C. The zero-order valence-corrected chi connectivity index (χ0v) is 19.2. The molecule has 4 rings (SSSR count). The first-order valence-corrected chi connectivity index (χ1v) is 10.9. The van der Waals surface area contributed by atoms with Crippen molar-refractivity contribution >= 4 is 28.9 Å². The highest BCUT2D eigenvalue weighted by molar-refractivity contribution is 7.80. The lowest BCUT2D eigenvalue weighted by Gasteiger charge is -2.28. The largest absolute Gasteiger partial charge is 0.506 e. The molecule has 2 atom stereocenters. The monoisotopic (exact) mass is 456 g/mol. The molecule has 0 saturated carbocycles. The van der Waals surface area contributed by atoms with Gasteiger partial charge in [0.15, 0.2) is 5.11 Å². The van der Waals surface area contributed by atoms with Crippen LogP contribution in [-0.2, 0) is 4.74 Å². The summed E-state index contributed by atoms with van der Waals surface area (Å²) in [6.07, 6.45) is 1.79. The van der Waals surface area contributed by atoms with Crippen LogP contribution in [0, 0.1) is 13.8 Å². The predicted octanol–water partition coefficient (Wildman–Crippen LogP) is 4.47. The zero-order valence-electron chi connectivity index (χ0n) is 17.7. The van der Waals surface area contributed by atoms with Crippen LogP contribution in [-0.4, -0.2) is 44.9 Å². The molecule has 0 aliphatic carbocycles. The molecular formula is C23H25ClN4O2S. The van der Waals surface area contributed by atoms with Crippen LogP contribution in [0.4, 0.5) is 0 Å². The van der Waals surface area contributed by atoms with Gasteiger partial charge < -0.3 is 24.6 Å². The number of thiocarbonyl (C=S) groups is 1. The average molecular weight is 457 g/mol. The maximum atomic E-state index is 10.5. The van der Waals surface area contributed by atoms with Crippen LogP contribution < -0.4 is 5.32 Å². The smallest absolute Gasteiger partial charge is 0.170 e. The molecule has 0 spiro atoms. The van der Waals surface area contributed by atoms with Crippen molar-refractivity contribution in [2.45, 2.75) is 25.9 Å². The number of hydrogen-bond acceptors (Lipinski definition) is 4. The summed E-state index contributed by atoms with van der Waals surface area (Å²) >= 11 is 11.9. The van der Waals surface area contributed by atoms with Gasteiger partial charge in [-0.15, -0.1) is 0 Å². The summed E-state index contributed by atoms with van der Waals surface area (Å²) in [7, 11) is 1.69. The minimum atomic E-state index is -0.104. The van der Waals surface area contributed by atoms with Crippen molar-refractivity contribution in [3.63, 3.8) is 0 Å². The highest BCUT2D eigenvalue weighted by Gasteiger charge is 2.41. The lowest BCUT2D eigenvalue weighted by atomic mass is 9.97. The van der Waals surface area contributed by atoms with E-state index in [9.17, 15) is 5.11 Å². The molecule has 31 heavy (non-hydrogen) atoms. The molecule has 2 N–H and O–H groups in total. The number of benzene rings is 1. The highest BCUT2D eigenvalue weighted by atomic mass is 35.5. The molecule has 0 amide bonds. The number of pyridine rings is 1. The molecule has 0 unspecified atom stereocenters. The van der Waals surface area contributed by atoms with Gasteiger partial charge >= 0.3 is 0 Å². The summed E-state index contributed by atoms with van der Waals surface area (Å²) < 4.78 is 7.37. The number of aromatic nitrogens is 2. The van der Waals surface area contributed by atoms with Crippen LogP contribution in [0.3, 0.4) is 0 Å².